The van der Waals surface area contributed by atoms with E-state index in [1.54, 1.807) is 0 Å². The smallest absolute Gasteiger partial charge is 0.123 e. The van der Waals surface area contributed by atoms with Crippen LogP contribution in [-0.4, -0.2) is 6.29 Å². The molecule has 1 nitrogen and oxygen atoms in total. The van der Waals surface area contributed by atoms with Gasteiger partial charge in [-0.1, -0.05) is 97.3 Å². The minimum absolute atomic E-state index is 0.344. The van der Waals surface area contributed by atoms with Crippen molar-refractivity contribution in [2.24, 2.45) is 5.92 Å². The summed E-state index contributed by atoms with van der Waals surface area (Å²) in [5, 5.41) is 0. The first-order chi connectivity index (χ1) is 9.85. The molecule has 0 aromatic carbocycles. The van der Waals surface area contributed by atoms with Gasteiger partial charge in [-0.05, 0) is 12.8 Å². The molecule has 1 atom stereocenters. The molecule has 0 aliphatic heterocycles. The van der Waals surface area contributed by atoms with E-state index in [2.05, 4.69) is 13.8 Å². The molecule has 0 heterocycles. The average molecular weight is 283 g/mol. The maximum atomic E-state index is 11.0. The molecule has 0 saturated carbocycles. The Morgan fingerprint density at radius 3 is 1.35 bits per heavy atom. The predicted molar refractivity (Wildman–Crippen MR) is 90.2 cm³/mol. The lowest BCUT2D eigenvalue weighted by molar-refractivity contribution is -0.111. The van der Waals surface area contributed by atoms with Gasteiger partial charge < -0.3 is 4.79 Å². The molecular weight excluding hydrogens is 244 g/mol. The SMILES string of the molecule is CCCCCCCCCCCC(C=O)CCCCCC. The van der Waals surface area contributed by atoms with E-state index in [0.717, 1.165) is 12.8 Å². The van der Waals surface area contributed by atoms with Crippen molar-refractivity contribution in [1.82, 2.24) is 0 Å². The Balaban J connectivity index is 3.27. The molecule has 0 aromatic heterocycles. The molecule has 0 radical (unpaired) electrons. The monoisotopic (exact) mass is 282 g/mol. The van der Waals surface area contributed by atoms with Crippen LogP contribution in [-0.2, 0) is 4.79 Å². The number of rotatable bonds is 16. The molecule has 0 aliphatic carbocycles. The normalized spacial score (nSPS) is 12.5. The maximum absolute atomic E-state index is 11.0. The molecule has 1 heteroatoms. The number of hydrogen-bond donors (Lipinski definition) is 0. The molecule has 0 spiro atoms. The van der Waals surface area contributed by atoms with Crippen LogP contribution in [0.2, 0.25) is 0 Å². The van der Waals surface area contributed by atoms with E-state index in [1.165, 1.54) is 89.8 Å². The van der Waals surface area contributed by atoms with Crippen LogP contribution >= 0.6 is 0 Å². The van der Waals surface area contributed by atoms with Crippen LogP contribution in [0.25, 0.3) is 0 Å². The standard InChI is InChI=1S/C19H38O/c1-3-5-7-9-10-11-12-13-15-17-19(18-20)16-14-8-6-4-2/h18-19H,3-17H2,1-2H3. The summed E-state index contributed by atoms with van der Waals surface area (Å²) in [6, 6.07) is 0. The number of unbranched alkanes of at least 4 members (excludes halogenated alkanes) is 11. The fraction of sp³-hybridized carbons (Fsp3) is 0.947. The Kier molecular flexibility index (Phi) is 16.4. The second kappa shape index (κ2) is 16.7. The van der Waals surface area contributed by atoms with Crippen molar-refractivity contribution in [3.8, 4) is 0 Å². The summed E-state index contributed by atoms with van der Waals surface area (Å²) in [5.41, 5.74) is 0. The zero-order valence-electron chi connectivity index (χ0n) is 14.2. The Hall–Kier alpha value is -0.330. The zero-order valence-corrected chi connectivity index (χ0v) is 14.2. The van der Waals surface area contributed by atoms with E-state index in [-0.39, 0.29) is 0 Å². The third-order valence-corrected chi connectivity index (χ3v) is 4.30. The van der Waals surface area contributed by atoms with Crippen molar-refractivity contribution in [3.63, 3.8) is 0 Å². The fourth-order valence-corrected chi connectivity index (χ4v) is 2.83. The highest BCUT2D eigenvalue weighted by Gasteiger charge is 2.06. The molecule has 0 rings (SSSR count). The first kappa shape index (κ1) is 19.7. The van der Waals surface area contributed by atoms with Crippen LogP contribution in [0.15, 0.2) is 0 Å². The highest BCUT2D eigenvalue weighted by atomic mass is 16.1. The third kappa shape index (κ3) is 14.1. The van der Waals surface area contributed by atoms with Crippen LogP contribution in [0.1, 0.15) is 110 Å². The van der Waals surface area contributed by atoms with Crippen LogP contribution in [0.4, 0.5) is 0 Å². The molecule has 1 unspecified atom stereocenters. The molecule has 0 saturated heterocycles. The summed E-state index contributed by atoms with van der Waals surface area (Å²) in [6.07, 6.45) is 20.9. The van der Waals surface area contributed by atoms with Crippen molar-refractivity contribution in [1.29, 1.82) is 0 Å². The van der Waals surface area contributed by atoms with Gasteiger partial charge in [0.15, 0.2) is 0 Å². The largest absolute Gasteiger partial charge is 0.303 e. The van der Waals surface area contributed by atoms with Crippen LogP contribution in [0, 0.1) is 5.92 Å². The van der Waals surface area contributed by atoms with Gasteiger partial charge in [-0.2, -0.15) is 0 Å². The lowest BCUT2D eigenvalue weighted by atomic mass is 9.95. The quantitative estimate of drug-likeness (QED) is 0.227. The predicted octanol–water partition coefficient (Wildman–Crippen LogP) is 6.69. The first-order valence-corrected chi connectivity index (χ1v) is 9.30. The van der Waals surface area contributed by atoms with Crippen LogP contribution in [0.5, 0.6) is 0 Å². The van der Waals surface area contributed by atoms with Crippen molar-refractivity contribution >= 4 is 6.29 Å². The summed E-state index contributed by atoms with van der Waals surface area (Å²) >= 11 is 0. The van der Waals surface area contributed by atoms with E-state index in [9.17, 15) is 4.79 Å². The van der Waals surface area contributed by atoms with Crippen LogP contribution < -0.4 is 0 Å². The van der Waals surface area contributed by atoms with Crippen molar-refractivity contribution in [2.75, 3.05) is 0 Å². The highest BCUT2D eigenvalue weighted by molar-refractivity contribution is 5.53. The molecule has 0 aromatic rings. The van der Waals surface area contributed by atoms with Gasteiger partial charge in [-0.15, -0.1) is 0 Å². The summed E-state index contributed by atoms with van der Waals surface area (Å²) in [6.45, 7) is 4.51. The van der Waals surface area contributed by atoms with E-state index in [0.29, 0.717) is 5.92 Å². The Morgan fingerprint density at radius 2 is 0.950 bits per heavy atom. The average Bonchev–Trinajstić information content (AvgIpc) is 2.47. The summed E-state index contributed by atoms with van der Waals surface area (Å²) in [4.78, 5) is 11.0. The number of carbonyl (C=O) groups is 1. The molecule has 120 valence electrons. The Morgan fingerprint density at radius 1 is 0.600 bits per heavy atom. The van der Waals surface area contributed by atoms with Crippen LogP contribution in [0.3, 0.4) is 0 Å². The number of carbonyl (C=O) groups excluding carboxylic acids is 1. The van der Waals surface area contributed by atoms with E-state index in [4.69, 9.17) is 0 Å². The lowest BCUT2D eigenvalue weighted by Gasteiger charge is -2.09. The molecular formula is C19H38O. The maximum Gasteiger partial charge on any atom is 0.123 e. The van der Waals surface area contributed by atoms with Gasteiger partial charge in [0.2, 0.25) is 0 Å². The van der Waals surface area contributed by atoms with Crippen molar-refractivity contribution in [3.05, 3.63) is 0 Å². The van der Waals surface area contributed by atoms with Gasteiger partial charge in [-0.25, -0.2) is 0 Å². The topological polar surface area (TPSA) is 17.1 Å². The van der Waals surface area contributed by atoms with Gasteiger partial charge >= 0.3 is 0 Å². The minimum atomic E-state index is 0.344. The second-order valence-electron chi connectivity index (χ2n) is 6.36. The number of hydrogen-bond acceptors (Lipinski definition) is 1. The Labute approximate surface area is 127 Å². The molecule has 0 aliphatic rings. The zero-order chi connectivity index (χ0) is 14.9. The van der Waals surface area contributed by atoms with Gasteiger partial charge in [0, 0.05) is 5.92 Å². The van der Waals surface area contributed by atoms with Crippen molar-refractivity contribution in [2.45, 2.75) is 110 Å². The number of aldehydes is 1. The Bertz CT molecular complexity index is 188. The van der Waals surface area contributed by atoms with E-state index < -0.39 is 0 Å². The van der Waals surface area contributed by atoms with E-state index in [1.807, 2.05) is 0 Å². The molecule has 0 bridgehead atoms. The van der Waals surface area contributed by atoms with Crippen molar-refractivity contribution < 1.29 is 4.79 Å². The molecule has 20 heavy (non-hydrogen) atoms. The fourth-order valence-electron chi connectivity index (χ4n) is 2.83. The summed E-state index contributed by atoms with van der Waals surface area (Å²) < 4.78 is 0. The van der Waals surface area contributed by atoms with Gasteiger partial charge in [0.25, 0.3) is 0 Å². The van der Waals surface area contributed by atoms with E-state index >= 15 is 0 Å². The van der Waals surface area contributed by atoms with Gasteiger partial charge in [-0.3, -0.25) is 0 Å². The minimum Gasteiger partial charge on any atom is -0.303 e. The summed E-state index contributed by atoms with van der Waals surface area (Å²) in [5.74, 6) is 0.344. The molecule has 0 amide bonds. The van der Waals surface area contributed by atoms with Gasteiger partial charge in [0.1, 0.15) is 6.29 Å². The third-order valence-electron chi connectivity index (χ3n) is 4.30. The summed E-state index contributed by atoms with van der Waals surface area (Å²) in [7, 11) is 0. The lowest BCUT2D eigenvalue weighted by Crippen LogP contribution is -2.02. The molecule has 0 N–H and O–H groups in total. The highest BCUT2D eigenvalue weighted by Crippen LogP contribution is 2.17. The van der Waals surface area contributed by atoms with Gasteiger partial charge in [0.05, 0.1) is 0 Å². The first-order valence-electron chi connectivity index (χ1n) is 9.30. The molecule has 0 fully saturated rings. The second-order valence-corrected chi connectivity index (χ2v) is 6.36.